The van der Waals surface area contributed by atoms with Crippen molar-refractivity contribution >= 4 is 5.91 Å². The third kappa shape index (κ3) is 5.41. The second-order valence-electron chi connectivity index (χ2n) is 6.46. The Morgan fingerprint density at radius 2 is 1.79 bits per heavy atom. The van der Waals surface area contributed by atoms with Gasteiger partial charge in [0.05, 0.1) is 0 Å². The van der Waals surface area contributed by atoms with Gasteiger partial charge in [0, 0.05) is 6.04 Å². The average Bonchev–Trinajstić information content (AvgIpc) is 2.56. The fraction of sp³-hybridized carbons (Fsp3) is 0.381. The van der Waals surface area contributed by atoms with Crippen molar-refractivity contribution < 1.29 is 9.53 Å². The molecule has 0 spiro atoms. The van der Waals surface area contributed by atoms with Gasteiger partial charge in [0.1, 0.15) is 5.75 Å². The number of nitrogens with one attached hydrogen (secondary N) is 1. The first-order valence-electron chi connectivity index (χ1n) is 8.54. The molecule has 2 rings (SSSR count). The number of hydrogen-bond donors (Lipinski definition) is 1. The van der Waals surface area contributed by atoms with Crippen LogP contribution in [-0.2, 0) is 11.2 Å². The molecule has 0 bridgehead atoms. The summed E-state index contributed by atoms with van der Waals surface area (Å²) in [4.78, 5) is 12.3. The Labute approximate surface area is 145 Å². The number of amides is 1. The fourth-order valence-electron chi connectivity index (χ4n) is 2.64. The van der Waals surface area contributed by atoms with Crippen molar-refractivity contribution in [1.29, 1.82) is 0 Å². The summed E-state index contributed by atoms with van der Waals surface area (Å²) in [7, 11) is 0. The standard InChI is InChI=1S/C21H27NO2/c1-15-10-13-20(16(2)14-15)24-18(4)21(23)22-17(3)11-12-19-8-6-5-7-9-19/h5-10,13-14,17-18H,11-12H2,1-4H3,(H,22,23)/t17-,18-/m1/s1. The summed E-state index contributed by atoms with van der Waals surface area (Å²) in [6, 6.07) is 16.4. The summed E-state index contributed by atoms with van der Waals surface area (Å²) in [5.74, 6) is 0.690. The van der Waals surface area contributed by atoms with Crippen LogP contribution in [0.15, 0.2) is 48.5 Å². The van der Waals surface area contributed by atoms with Crippen LogP contribution in [0.3, 0.4) is 0 Å². The highest BCUT2D eigenvalue weighted by atomic mass is 16.5. The van der Waals surface area contributed by atoms with Gasteiger partial charge in [-0.1, -0.05) is 48.0 Å². The van der Waals surface area contributed by atoms with Crippen LogP contribution >= 0.6 is 0 Å². The smallest absolute Gasteiger partial charge is 0.260 e. The molecule has 0 saturated heterocycles. The maximum atomic E-state index is 12.3. The van der Waals surface area contributed by atoms with Gasteiger partial charge >= 0.3 is 0 Å². The molecule has 0 aliphatic heterocycles. The van der Waals surface area contributed by atoms with Gasteiger partial charge in [-0.3, -0.25) is 4.79 Å². The Balaban J connectivity index is 1.82. The van der Waals surface area contributed by atoms with Crippen LogP contribution in [0.1, 0.15) is 37.0 Å². The predicted octanol–water partition coefficient (Wildman–Crippen LogP) is 4.21. The van der Waals surface area contributed by atoms with E-state index in [2.05, 4.69) is 23.5 Å². The zero-order chi connectivity index (χ0) is 17.5. The molecule has 0 heterocycles. The first-order valence-corrected chi connectivity index (χ1v) is 8.54. The van der Waals surface area contributed by atoms with Crippen LogP contribution in [0.25, 0.3) is 0 Å². The van der Waals surface area contributed by atoms with Crippen molar-refractivity contribution in [3.63, 3.8) is 0 Å². The van der Waals surface area contributed by atoms with E-state index >= 15 is 0 Å². The second kappa shape index (κ2) is 8.53. The Kier molecular flexibility index (Phi) is 6.42. The fourth-order valence-corrected chi connectivity index (χ4v) is 2.64. The van der Waals surface area contributed by atoms with E-state index in [1.807, 2.05) is 51.1 Å². The van der Waals surface area contributed by atoms with Gasteiger partial charge in [-0.2, -0.15) is 0 Å². The van der Waals surface area contributed by atoms with E-state index in [1.54, 1.807) is 6.92 Å². The maximum Gasteiger partial charge on any atom is 0.260 e. The minimum absolute atomic E-state index is 0.0736. The highest BCUT2D eigenvalue weighted by Crippen LogP contribution is 2.20. The zero-order valence-electron chi connectivity index (χ0n) is 15.0. The van der Waals surface area contributed by atoms with Gasteiger partial charge in [0.2, 0.25) is 0 Å². The molecule has 3 heteroatoms. The topological polar surface area (TPSA) is 38.3 Å². The molecule has 0 saturated carbocycles. The van der Waals surface area contributed by atoms with Gasteiger partial charge in [0.25, 0.3) is 5.91 Å². The minimum atomic E-state index is -0.509. The van der Waals surface area contributed by atoms with E-state index in [-0.39, 0.29) is 11.9 Å². The molecule has 0 fully saturated rings. The summed E-state index contributed by atoms with van der Waals surface area (Å²) in [5.41, 5.74) is 3.52. The SMILES string of the molecule is Cc1ccc(O[C@H](C)C(=O)N[C@H](C)CCc2ccccc2)c(C)c1. The van der Waals surface area contributed by atoms with E-state index in [0.717, 1.165) is 24.2 Å². The van der Waals surface area contributed by atoms with E-state index in [0.29, 0.717) is 0 Å². The van der Waals surface area contributed by atoms with Crippen LogP contribution in [0.2, 0.25) is 0 Å². The normalized spacial score (nSPS) is 13.2. The lowest BCUT2D eigenvalue weighted by Crippen LogP contribution is -2.41. The number of ether oxygens (including phenoxy) is 1. The summed E-state index contributed by atoms with van der Waals surface area (Å²) in [6.07, 6.45) is 1.35. The van der Waals surface area contributed by atoms with Crippen LogP contribution in [0, 0.1) is 13.8 Å². The molecule has 2 atom stereocenters. The monoisotopic (exact) mass is 325 g/mol. The molecule has 0 aliphatic carbocycles. The summed E-state index contributed by atoms with van der Waals surface area (Å²) >= 11 is 0. The lowest BCUT2D eigenvalue weighted by molar-refractivity contribution is -0.127. The van der Waals surface area contributed by atoms with Crippen molar-refractivity contribution in [2.24, 2.45) is 0 Å². The highest BCUT2D eigenvalue weighted by molar-refractivity contribution is 5.81. The van der Waals surface area contributed by atoms with E-state index < -0.39 is 6.10 Å². The first kappa shape index (κ1) is 18.1. The van der Waals surface area contributed by atoms with E-state index in [4.69, 9.17) is 4.74 Å². The predicted molar refractivity (Wildman–Crippen MR) is 98.4 cm³/mol. The first-order chi connectivity index (χ1) is 11.5. The van der Waals surface area contributed by atoms with Crippen LogP contribution in [-0.4, -0.2) is 18.1 Å². The molecule has 128 valence electrons. The van der Waals surface area contributed by atoms with Crippen LogP contribution in [0.5, 0.6) is 5.75 Å². The number of carbonyl (C=O) groups excluding carboxylic acids is 1. The molecule has 3 nitrogen and oxygen atoms in total. The molecule has 2 aromatic rings. The Morgan fingerprint density at radius 1 is 1.08 bits per heavy atom. The van der Waals surface area contributed by atoms with Crippen molar-refractivity contribution in [3.8, 4) is 5.75 Å². The second-order valence-corrected chi connectivity index (χ2v) is 6.46. The number of benzene rings is 2. The van der Waals surface area contributed by atoms with Crippen molar-refractivity contribution in [1.82, 2.24) is 5.32 Å². The molecule has 1 N–H and O–H groups in total. The molecule has 0 unspecified atom stereocenters. The van der Waals surface area contributed by atoms with Gasteiger partial charge in [-0.05, 0) is 57.7 Å². The molecular formula is C21H27NO2. The minimum Gasteiger partial charge on any atom is -0.481 e. The van der Waals surface area contributed by atoms with Gasteiger partial charge in [-0.15, -0.1) is 0 Å². The van der Waals surface area contributed by atoms with Gasteiger partial charge in [-0.25, -0.2) is 0 Å². The van der Waals surface area contributed by atoms with E-state index in [9.17, 15) is 4.79 Å². The quantitative estimate of drug-likeness (QED) is 0.828. The van der Waals surface area contributed by atoms with Crippen LogP contribution in [0.4, 0.5) is 0 Å². The Bertz CT molecular complexity index is 667. The van der Waals surface area contributed by atoms with Crippen molar-refractivity contribution in [2.45, 2.75) is 52.7 Å². The van der Waals surface area contributed by atoms with Gasteiger partial charge in [0.15, 0.2) is 6.10 Å². The van der Waals surface area contributed by atoms with E-state index in [1.165, 1.54) is 11.1 Å². The lowest BCUT2D eigenvalue weighted by atomic mass is 10.1. The van der Waals surface area contributed by atoms with Crippen molar-refractivity contribution in [3.05, 3.63) is 65.2 Å². The number of rotatable bonds is 7. The van der Waals surface area contributed by atoms with Crippen molar-refractivity contribution in [2.75, 3.05) is 0 Å². The van der Waals surface area contributed by atoms with Gasteiger partial charge < -0.3 is 10.1 Å². The lowest BCUT2D eigenvalue weighted by Gasteiger charge is -2.19. The number of aryl methyl sites for hydroxylation is 3. The molecule has 0 aliphatic rings. The Hall–Kier alpha value is -2.29. The number of hydrogen-bond acceptors (Lipinski definition) is 2. The number of carbonyl (C=O) groups is 1. The molecule has 0 aromatic heterocycles. The molecular weight excluding hydrogens is 298 g/mol. The maximum absolute atomic E-state index is 12.3. The molecule has 0 radical (unpaired) electrons. The molecule has 24 heavy (non-hydrogen) atoms. The zero-order valence-corrected chi connectivity index (χ0v) is 15.0. The third-order valence-electron chi connectivity index (χ3n) is 4.10. The average molecular weight is 325 g/mol. The molecule has 2 aromatic carbocycles. The summed E-state index contributed by atoms with van der Waals surface area (Å²) < 4.78 is 5.81. The summed E-state index contributed by atoms with van der Waals surface area (Å²) in [6.45, 7) is 7.86. The van der Waals surface area contributed by atoms with Crippen LogP contribution < -0.4 is 10.1 Å². The summed E-state index contributed by atoms with van der Waals surface area (Å²) in [5, 5.41) is 3.04. The highest BCUT2D eigenvalue weighted by Gasteiger charge is 2.17. The largest absolute Gasteiger partial charge is 0.481 e. The third-order valence-corrected chi connectivity index (χ3v) is 4.10. The molecule has 1 amide bonds. The Morgan fingerprint density at radius 3 is 2.46 bits per heavy atom.